The van der Waals surface area contributed by atoms with E-state index < -0.39 is 47.5 Å². The van der Waals surface area contributed by atoms with Gasteiger partial charge >= 0.3 is 0 Å². The van der Waals surface area contributed by atoms with Gasteiger partial charge in [0.05, 0.1) is 19.0 Å². The van der Waals surface area contributed by atoms with Crippen LogP contribution < -0.4 is 15.5 Å². The minimum atomic E-state index is -1.18. The predicted octanol–water partition coefficient (Wildman–Crippen LogP) is 3.23. The topological polar surface area (TPSA) is 111 Å². The summed E-state index contributed by atoms with van der Waals surface area (Å²) in [6, 6.07) is 19.3. The van der Waals surface area contributed by atoms with E-state index in [0.29, 0.717) is 25.3 Å². The maximum atomic E-state index is 14.3. The molecule has 3 aromatic rings. The highest BCUT2D eigenvalue weighted by atomic mass is 35.5. The van der Waals surface area contributed by atoms with Gasteiger partial charge in [-0.1, -0.05) is 66.7 Å². The quantitative estimate of drug-likeness (QED) is 0.312. The SMILES string of the molecule is O=C(CNCl)NC1CN(C(=O)Cc2ccc(F)cc2F)CC[C@H]2CCC(C(=O)NC(c3ccccc3)c3ccccc3)N2C1=O. The molecule has 0 aliphatic carbocycles. The van der Waals surface area contributed by atoms with E-state index in [2.05, 4.69) is 15.5 Å². The first-order valence-corrected chi connectivity index (χ1v) is 15.2. The number of fused-ring (bicyclic) bond motifs is 1. The molecule has 2 saturated heterocycles. The van der Waals surface area contributed by atoms with Crippen molar-refractivity contribution in [3.05, 3.63) is 107 Å². The number of rotatable bonds is 9. The Morgan fingerprint density at radius 3 is 2.20 bits per heavy atom. The summed E-state index contributed by atoms with van der Waals surface area (Å²) in [4.78, 5) is 59.1. The number of benzene rings is 3. The Bertz CT molecular complexity index is 1490. The highest BCUT2D eigenvalue weighted by Crippen LogP contribution is 2.31. The molecule has 2 fully saturated rings. The van der Waals surface area contributed by atoms with E-state index in [9.17, 15) is 28.0 Å². The molecule has 12 heteroatoms. The zero-order chi connectivity index (χ0) is 31.9. The summed E-state index contributed by atoms with van der Waals surface area (Å²) in [5.74, 6) is -3.47. The van der Waals surface area contributed by atoms with Crippen molar-refractivity contribution in [2.24, 2.45) is 0 Å². The molecule has 2 heterocycles. The first-order chi connectivity index (χ1) is 21.7. The molecule has 0 saturated carbocycles. The molecular formula is C33H34ClF2N5O4. The summed E-state index contributed by atoms with van der Waals surface area (Å²) in [5.41, 5.74) is 1.79. The third kappa shape index (κ3) is 7.66. The second-order valence-electron chi connectivity index (χ2n) is 11.2. The van der Waals surface area contributed by atoms with Crippen LogP contribution in [0.2, 0.25) is 0 Å². The molecule has 2 aliphatic heterocycles. The standard InChI is InChI=1S/C33H34ClF2N5O4/c34-37-19-29(42)38-27-20-40(30(43)17-23-11-12-24(35)18-26(23)36)16-15-25-13-14-28(41(25)33(27)45)32(44)39-31(21-7-3-1-4-8-21)22-9-5-2-6-10-22/h1-12,18,25,27-28,31,37H,13-17,19-20H2,(H,38,42)(H,39,44)/t25-,27?,28?/m1/s1. The Morgan fingerprint density at radius 1 is 0.911 bits per heavy atom. The van der Waals surface area contributed by atoms with Crippen molar-refractivity contribution in [1.29, 1.82) is 0 Å². The molecule has 0 aromatic heterocycles. The fourth-order valence-electron chi connectivity index (χ4n) is 6.10. The maximum absolute atomic E-state index is 14.3. The molecule has 2 aliphatic rings. The third-order valence-corrected chi connectivity index (χ3v) is 8.45. The van der Waals surface area contributed by atoms with Crippen molar-refractivity contribution in [3.8, 4) is 0 Å². The molecule has 9 nitrogen and oxygen atoms in total. The monoisotopic (exact) mass is 637 g/mol. The fourth-order valence-corrected chi connectivity index (χ4v) is 6.22. The van der Waals surface area contributed by atoms with E-state index in [0.717, 1.165) is 17.2 Å². The molecule has 0 bridgehead atoms. The van der Waals surface area contributed by atoms with Crippen LogP contribution in [0.5, 0.6) is 0 Å². The molecule has 45 heavy (non-hydrogen) atoms. The lowest BCUT2D eigenvalue weighted by molar-refractivity contribution is -0.146. The molecule has 0 spiro atoms. The minimum absolute atomic E-state index is 0.0207. The molecule has 0 radical (unpaired) electrons. The van der Waals surface area contributed by atoms with Crippen molar-refractivity contribution in [3.63, 3.8) is 0 Å². The third-order valence-electron chi connectivity index (χ3n) is 8.32. The number of nitrogens with one attached hydrogen (secondary N) is 3. The second kappa shape index (κ2) is 14.6. The Kier molecular flexibility index (Phi) is 10.4. The molecule has 3 N–H and O–H groups in total. The second-order valence-corrected chi connectivity index (χ2v) is 11.5. The highest BCUT2D eigenvalue weighted by molar-refractivity contribution is 6.14. The van der Waals surface area contributed by atoms with Gasteiger partial charge in [0, 0.05) is 25.2 Å². The lowest BCUT2D eigenvalue weighted by Crippen LogP contribution is -2.61. The summed E-state index contributed by atoms with van der Waals surface area (Å²) < 4.78 is 27.7. The maximum Gasteiger partial charge on any atom is 0.247 e. The van der Waals surface area contributed by atoms with Crippen molar-refractivity contribution < 1.29 is 28.0 Å². The molecule has 4 amide bonds. The average Bonchev–Trinajstić information content (AvgIpc) is 3.46. The molecular weight excluding hydrogens is 604 g/mol. The lowest BCUT2D eigenvalue weighted by atomic mass is 9.98. The first-order valence-electron chi connectivity index (χ1n) is 14.8. The Balaban J connectivity index is 1.37. The van der Waals surface area contributed by atoms with Gasteiger partial charge in [-0.3, -0.25) is 19.2 Å². The predicted molar refractivity (Wildman–Crippen MR) is 164 cm³/mol. The van der Waals surface area contributed by atoms with Crippen LogP contribution in [0.3, 0.4) is 0 Å². The number of hydrogen-bond donors (Lipinski definition) is 3. The van der Waals surface area contributed by atoms with Crippen LogP contribution in [0.25, 0.3) is 0 Å². The van der Waals surface area contributed by atoms with Crippen LogP contribution in [0.4, 0.5) is 8.78 Å². The number of amides is 4. The molecule has 236 valence electrons. The van der Waals surface area contributed by atoms with E-state index in [1.54, 1.807) is 4.90 Å². The van der Waals surface area contributed by atoms with Crippen LogP contribution in [0, 0.1) is 11.6 Å². The summed E-state index contributed by atoms with van der Waals surface area (Å²) in [6.45, 7) is -0.271. The minimum Gasteiger partial charge on any atom is -0.343 e. The molecule has 5 rings (SSSR count). The van der Waals surface area contributed by atoms with Gasteiger partial charge in [-0.05, 0) is 53.8 Å². The number of halogens is 3. The van der Waals surface area contributed by atoms with Gasteiger partial charge in [0.15, 0.2) is 0 Å². The molecule has 3 atom stereocenters. The summed E-state index contributed by atoms with van der Waals surface area (Å²) in [7, 11) is 0. The number of carbonyl (C=O) groups is 4. The summed E-state index contributed by atoms with van der Waals surface area (Å²) in [6.07, 6.45) is 0.961. The lowest BCUT2D eigenvalue weighted by Gasteiger charge is -2.39. The van der Waals surface area contributed by atoms with E-state index in [4.69, 9.17) is 11.8 Å². The Hall–Kier alpha value is -4.35. The van der Waals surface area contributed by atoms with Crippen LogP contribution in [-0.2, 0) is 25.6 Å². The first kappa shape index (κ1) is 32.1. The van der Waals surface area contributed by atoms with E-state index in [-0.39, 0.29) is 43.6 Å². The van der Waals surface area contributed by atoms with Gasteiger partial charge in [-0.25, -0.2) is 13.6 Å². The van der Waals surface area contributed by atoms with Crippen LogP contribution in [-0.4, -0.2) is 71.2 Å². The fraction of sp³-hybridized carbons (Fsp3) is 0.333. The van der Waals surface area contributed by atoms with E-state index in [1.807, 2.05) is 60.7 Å². The van der Waals surface area contributed by atoms with E-state index in [1.165, 1.54) is 11.0 Å². The summed E-state index contributed by atoms with van der Waals surface area (Å²) >= 11 is 5.52. The van der Waals surface area contributed by atoms with Crippen molar-refractivity contribution >= 4 is 35.4 Å². The van der Waals surface area contributed by atoms with E-state index >= 15 is 0 Å². The van der Waals surface area contributed by atoms with Gasteiger partial charge < -0.3 is 20.4 Å². The van der Waals surface area contributed by atoms with Crippen molar-refractivity contribution in [2.45, 2.75) is 49.9 Å². The molecule has 2 unspecified atom stereocenters. The van der Waals surface area contributed by atoms with Gasteiger partial charge in [0.2, 0.25) is 23.6 Å². The van der Waals surface area contributed by atoms with Crippen LogP contribution in [0.15, 0.2) is 78.9 Å². The average molecular weight is 638 g/mol. The van der Waals surface area contributed by atoms with Gasteiger partial charge in [-0.2, -0.15) is 0 Å². The Morgan fingerprint density at radius 2 is 1.58 bits per heavy atom. The van der Waals surface area contributed by atoms with Gasteiger partial charge in [0.1, 0.15) is 23.7 Å². The van der Waals surface area contributed by atoms with Crippen LogP contribution >= 0.6 is 11.8 Å². The number of carbonyl (C=O) groups excluding carboxylic acids is 4. The smallest absolute Gasteiger partial charge is 0.247 e. The zero-order valence-corrected chi connectivity index (χ0v) is 25.2. The van der Waals surface area contributed by atoms with Gasteiger partial charge in [-0.15, -0.1) is 0 Å². The normalized spacial score (nSPS) is 19.9. The number of nitrogens with zero attached hydrogens (tertiary/aromatic N) is 2. The van der Waals surface area contributed by atoms with Crippen molar-refractivity contribution in [1.82, 2.24) is 25.3 Å². The zero-order valence-electron chi connectivity index (χ0n) is 24.4. The van der Waals surface area contributed by atoms with Crippen LogP contribution in [0.1, 0.15) is 42.0 Å². The highest BCUT2D eigenvalue weighted by Gasteiger charge is 2.45. The number of hydrogen-bond acceptors (Lipinski definition) is 5. The van der Waals surface area contributed by atoms with Gasteiger partial charge in [0.25, 0.3) is 0 Å². The molecule has 3 aromatic carbocycles. The summed E-state index contributed by atoms with van der Waals surface area (Å²) in [5, 5.41) is 5.79. The Labute approximate surface area is 265 Å². The van der Waals surface area contributed by atoms with Crippen molar-refractivity contribution in [2.75, 3.05) is 19.6 Å². The largest absolute Gasteiger partial charge is 0.343 e.